The Kier molecular flexibility index (Phi) is 7.67. The second-order valence-electron chi connectivity index (χ2n) is 9.16. The standard InChI is InChI=1S/C22H34FO5P/c1-20(2,3)16-13-15(14-17(19(16)26-8)21(4,5)6)11-12-18(24)22(7,23)29(25,27-9)28-10/h11-14H,1-10H3/b12-11+. The molecule has 1 rings (SSSR count). The number of benzene rings is 1. The Morgan fingerprint density at radius 1 is 0.931 bits per heavy atom. The molecule has 0 aromatic heterocycles. The highest BCUT2D eigenvalue weighted by Gasteiger charge is 2.52. The maximum Gasteiger partial charge on any atom is 0.374 e. The highest BCUT2D eigenvalue weighted by molar-refractivity contribution is 7.56. The number of alkyl halides is 1. The Morgan fingerprint density at radius 3 is 1.66 bits per heavy atom. The molecule has 1 atom stereocenters. The number of rotatable bonds is 7. The Balaban J connectivity index is 3.53. The fourth-order valence-corrected chi connectivity index (χ4v) is 4.14. The lowest BCUT2D eigenvalue weighted by Gasteiger charge is -2.29. The van der Waals surface area contributed by atoms with Gasteiger partial charge in [-0.05, 0) is 41.5 Å². The van der Waals surface area contributed by atoms with Crippen molar-refractivity contribution in [3.05, 3.63) is 34.9 Å². The summed E-state index contributed by atoms with van der Waals surface area (Å²) in [5, 5.41) is -2.79. The lowest BCUT2D eigenvalue weighted by atomic mass is 9.78. The maximum absolute atomic E-state index is 15.0. The quantitative estimate of drug-likeness (QED) is 0.391. The van der Waals surface area contributed by atoms with Gasteiger partial charge >= 0.3 is 7.60 Å². The minimum atomic E-state index is -4.23. The first kappa shape index (κ1) is 25.5. The van der Waals surface area contributed by atoms with Crippen LogP contribution in [-0.2, 0) is 29.2 Å². The van der Waals surface area contributed by atoms with Gasteiger partial charge in [0, 0.05) is 25.3 Å². The minimum Gasteiger partial charge on any atom is -0.496 e. The average molecular weight is 428 g/mol. The van der Waals surface area contributed by atoms with E-state index in [1.807, 2.05) is 12.1 Å². The molecule has 1 aromatic carbocycles. The lowest BCUT2D eigenvalue weighted by Crippen LogP contribution is -2.29. The predicted octanol–water partition coefficient (Wildman–Crippen LogP) is 6.04. The van der Waals surface area contributed by atoms with E-state index in [4.69, 9.17) is 4.74 Å². The topological polar surface area (TPSA) is 61.8 Å². The highest BCUT2D eigenvalue weighted by atomic mass is 31.2. The first-order valence-corrected chi connectivity index (χ1v) is 11.0. The van der Waals surface area contributed by atoms with Crippen molar-refractivity contribution in [2.45, 2.75) is 64.7 Å². The van der Waals surface area contributed by atoms with Crippen LogP contribution < -0.4 is 4.74 Å². The van der Waals surface area contributed by atoms with E-state index in [2.05, 4.69) is 50.6 Å². The van der Waals surface area contributed by atoms with Gasteiger partial charge in [-0.1, -0.05) is 47.6 Å². The Bertz CT molecular complexity index is 786. The van der Waals surface area contributed by atoms with Crippen LogP contribution in [0.5, 0.6) is 5.75 Å². The molecule has 0 bridgehead atoms. The van der Waals surface area contributed by atoms with Gasteiger partial charge in [-0.15, -0.1) is 0 Å². The minimum absolute atomic E-state index is 0.213. The number of allylic oxidation sites excluding steroid dienone is 1. The SMILES string of the molecule is COc1c(C(C)(C)C)cc(/C=C/C(=O)C(C)(F)P(=O)(OC)OC)cc1C(C)(C)C. The molecule has 0 N–H and O–H groups in total. The van der Waals surface area contributed by atoms with Crippen LogP contribution in [0.2, 0.25) is 0 Å². The van der Waals surface area contributed by atoms with Gasteiger partial charge in [0.1, 0.15) is 5.75 Å². The summed E-state index contributed by atoms with van der Waals surface area (Å²) >= 11 is 0. The van der Waals surface area contributed by atoms with Crippen molar-refractivity contribution < 1.29 is 27.5 Å². The molecule has 7 heteroatoms. The number of carbonyl (C=O) groups excluding carboxylic acids is 1. The zero-order chi connectivity index (χ0) is 22.8. The monoisotopic (exact) mass is 428 g/mol. The number of hydrogen-bond acceptors (Lipinski definition) is 5. The average Bonchev–Trinajstić information content (AvgIpc) is 2.62. The van der Waals surface area contributed by atoms with Crippen molar-refractivity contribution in [3.8, 4) is 5.75 Å². The van der Waals surface area contributed by atoms with Gasteiger partial charge in [0.05, 0.1) is 7.11 Å². The van der Waals surface area contributed by atoms with Crippen molar-refractivity contribution in [2.75, 3.05) is 21.3 Å². The summed E-state index contributed by atoms with van der Waals surface area (Å²) in [5.41, 5.74) is 2.24. The fourth-order valence-electron chi connectivity index (χ4n) is 2.96. The zero-order valence-electron chi connectivity index (χ0n) is 19.2. The Hall–Kier alpha value is -1.49. The number of hydrogen-bond donors (Lipinski definition) is 0. The zero-order valence-corrected chi connectivity index (χ0v) is 20.1. The van der Waals surface area contributed by atoms with Gasteiger partial charge in [-0.25, -0.2) is 4.39 Å². The first-order chi connectivity index (χ1) is 13.0. The summed E-state index contributed by atoms with van der Waals surface area (Å²) in [6.07, 6.45) is 2.59. The van der Waals surface area contributed by atoms with Gasteiger partial charge in [0.15, 0.2) is 0 Å². The molecular formula is C22H34FO5P. The number of methoxy groups -OCH3 is 1. The summed E-state index contributed by atoms with van der Waals surface area (Å²) in [4.78, 5) is 12.5. The molecule has 0 aliphatic carbocycles. The van der Waals surface area contributed by atoms with Gasteiger partial charge in [-0.3, -0.25) is 9.36 Å². The first-order valence-electron chi connectivity index (χ1n) is 9.41. The van der Waals surface area contributed by atoms with Crippen molar-refractivity contribution in [3.63, 3.8) is 0 Å². The molecule has 0 amide bonds. The van der Waals surface area contributed by atoms with Gasteiger partial charge in [0.25, 0.3) is 5.41 Å². The molecule has 0 aliphatic rings. The second-order valence-corrected chi connectivity index (χ2v) is 11.7. The smallest absolute Gasteiger partial charge is 0.374 e. The molecule has 29 heavy (non-hydrogen) atoms. The number of carbonyl (C=O) groups is 1. The molecule has 0 saturated carbocycles. The number of ketones is 1. The van der Waals surface area contributed by atoms with E-state index in [0.717, 1.165) is 49.7 Å². The molecule has 0 radical (unpaired) electrons. The highest BCUT2D eigenvalue weighted by Crippen LogP contribution is 2.60. The summed E-state index contributed by atoms with van der Waals surface area (Å²) < 4.78 is 42.4. The van der Waals surface area contributed by atoms with Crippen molar-refractivity contribution in [1.82, 2.24) is 0 Å². The summed E-state index contributed by atoms with van der Waals surface area (Å²) in [5.74, 6) is -0.193. The number of ether oxygens (including phenoxy) is 1. The van der Waals surface area contributed by atoms with Crippen LogP contribution in [-0.4, -0.2) is 32.5 Å². The van der Waals surface area contributed by atoms with E-state index in [9.17, 15) is 13.8 Å². The lowest BCUT2D eigenvalue weighted by molar-refractivity contribution is -0.121. The van der Waals surface area contributed by atoms with Crippen LogP contribution in [0.4, 0.5) is 4.39 Å². The summed E-state index contributed by atoms with van der Waals surface area (Å²) in [6, 6.07) is 3.83. The molecule has 0 spiro atoms. The third-order valence-corrected chi connectivity index (χ3v) is 7.01. The molecule has 0 aliphatic heterocycles. The van der Waals surface area contributed by atoms with Crippen LogP contribution in [0.3, 0.4) is 0 Å². The van der Waals surface area contributed by atoms with E-state index in [1.54, 1.807) is 7.11 Å². The van der Waals surface area contributed by atoms with E-state index in [-0.39, 0.29) is 10.8 Å². The van der Waals surface area contributed by atoms with Crippen molar-refractivity contribution >= 4 is 19.5 Å². The van der Waals surface area contributed by atoms with Crippen molar-refractivity contribution in [1.29, 1.82) is 0 Å². The van der Waals surface area contributed by atoms with Crippen LogP contribution in [0.15, 0.2) is 18.2 Å². The van der Waals surface area contributed by atoms with Crippen LogP contribution in [0, 0.1) is 0 Å². The number of halogens is 1. The molecule has 0 saturated heterocycles. The molecule has 0 heterocycles. The second kappa shape index (κ2) is 8.71. The van der Waals surface area contributed by atoms with Crippen LogP contribution in [0.25, 0.3) is 6.08 Å². The van der Waals surface area contributed by atoms with Crippen LogP contribution >= 0.6 is 7.60 Å². The van der Waals surface area contributed by atoms with Crippen molar-refractivity contribution in [2.24, 2.45) is 0 Å². The van der Waals surface area contributed by atoms with Crippen LogP contribution in [0.1, 0.15) is 65.2 Å². The molecule has 5 nitrogen and oxygen atoms in total. The van der Waals surface area contributed by atoms with E-state index in [0.29, 0.717) is 0 Å². The largest absolute Gasteiger partial charge is 0.496 e. The normalized spacial score (nSPS) is 15.4. The fraction of sp³-hybridized carbons (Fsp3) is 0.591. The maximum atomic E-state index is 15.0. The molecule has 0 fully saturated rings. The molecule has 164 valence electrons. The third kappa shape index (κ3) is 5.36. The third-order valence-electron chi connectivity index (χ3n) is 4.80. The summed E-state index contributed by atoms with van der Waals surface area (Å²) in [7, 11) is -0.496. The van der Waals surface area contributed by atoms with E-state index < -0.39 is 18.8 Å². The predicted molar refractivity (Wildman–Crippen MR) is 116 cm³/mol. The van der Waals surface area contributed by atoms with E-state index >= 15 is 0 Å². The molecule has 1 unspecified atom stereocenters. The van der Waals surface area contributed by atoms with E-state index in [1.165, 1.54) is 6.08 Å². The molecule has 1 aromatic rings. The Labute approximate surface area is 174 Å². The van der Waals surface area contributed by atoms with Gasteiger partial charge < -0.3 is 13.8 Å². The Morgan fingerprint density at radius 2 is 1.34 bits per heavy atom. The summed E-state index contributed by atoms with van der Waals surface area (Å²) in [6.45, 7) is 13.3. The van der Waals surface area contributed by atoms with Gasteiger partial charge in [0.2, 0.25) is 5.78 Å². The van der Waals surface area contributed by atoms with Gasteiger partial charge in [-0.2, -0.15) is 0 Å². The molecular weight excluding hydrogens is 394 g/mol.